The Morgan fingerprint density at radius 3 is 2.45 bits per heavy atom. The largest absolute Gasteiger partial charge is 0.483 e. The minimum absolute atomic E-state index is 0.161. The van der Waals surface area contributed by atoms with Crippen LogP contribution in [0.4, 0.5) is 5.00 Å². The molecule has 5 nitrogen and oxygen atoms in total. The molecule has 0 aliphatic rings. The van der Waals surface area contributed by atoms with Gasteiger partial charge in [-0.25, -0.2) is 4.79 Å². The van der Waals surface area contributed by atoms with E-state index in [-0.39, 0.29) is 19.1 Å². The van der Waals surface area contributed by atoms with Gasteiger partial charge in [-0.05, 0) is 31.0 Å². The maximum Gasteiger partial charge on any atom is 0.341 e. The first-order valence-electron chi connectivity index (χ1n) is 9.49. The van der Waals surface area contributed by atoms with Crippen molar-refractivity contribution in [3.8, 4) is 16.9 Å². The number of benzene rings is 2. The van der Waals surface area contributed by atoms with E-state index < -0.39 is 5.97 Å². The predicted molar refractivity (Wildman–Crippen MR) is 116 cm³/mol. The molecule has 0 aliphatic heterocycles. The summed E-state index contributed by atoms with van der Waals surface area (Å²) in [4.78, 5) is 25.6. The Bertz CT molecular complexity index is 982. The Balaban J connectivity index is 1.70. The Labute approximate surface area is 174 Å². The normalized spacial score (nSPS) is 10.4. The number of amides is 1. The van der Waals surface area contributed by atoms with Crippen LogP contribution in [0.3, 0.4) is 0 Å². The van der Waals surface area contributed by atoms with E-state index in [0.29, 0.717) is 16.3 Å². The van der Waals surface area contributed by atoms with Gasteiger partial charge >= 0.3 is 5.97 Å². The van der Waals surface area contributed by atoms with Crippen LogP contribution >= 0.6 is 11.3 Å². The lowest BCUT2D eigenvalue weighted by atomic mass is 10.1. The average Bonchev–Trinajstić information content (AvgIpc) is 3.16. The lowest BCUT2D eigenvalue weighted by molar-refractivity contribution is -0.118. The molecular formula is C23H23NO4S. The summed E-state index contributed by atoms with van der Waals surface area (Å²) in [5, 5.41) is 3.28. The van der Waals surface area contributed by atoms with Crippen LogP contribution in [0, 0.1) is 0 Å². The Morgan fingerprint density at radius 2 is 1.72 bits per heavy atom. The summed E-state index contributed by atoms with van der Waals surface area (Å²) < 4.78 is 10.9. The summed E-state index contributed by atoms with van der Waals surface area (Å²) >= 11 is 1.38. The number of anilines is 1. The summed E-state index contributed by atoms with van der Waals surface area (Å²) in [5.74, 6) is -0.142. The highest BCUT2D eigenvalue weighted by Gasteiger charge is 2.19. The number of esters is 1. The molecule has 3 aromatic rings. The first-order chi connectivity index (χ1) is 14.1. The highest BCUT2D eigenvalue weighted by molar-refractivity contribution is 7.16. The number of hydrogen-bond donors (Lipinski definition) is 1. The number of ether oxygens (including phenoxy) is 2. The van der Waals surface area contributed by atoms with Crippen molar-refractivity contribution < 1.29 is 19.1 Å². The number of nitrogens with one attached hydrogen (secondary N) is 1. The van der Waals surface area contributed by atoms with Gasteiger partial charge in [0.25, 0.3) is 5.91 Å². The third-order valence-electron chi connectivity index (χ3n) is 4.21. The number of para-hydroxylation sites is 1. The molecule has 2 aromatic carbocycles. The molecule has 1 heterocycles. The molecule has 0 atom stereocenters. The topological polar surface area (TPSA) is 64.6 Å². The number of aryl methyl sites for hydroxylation is 1. The van der Waals surface area contributed by atoms with Gasteiger partial charge in [-0.2, -0.15) is 0 Å². The van der Waals surface area contributed by atoms with E-state index in [1.165, 1.54) is 11.3 Å². The molecule has 1 aromatic heterocycles. The van der Waals surface area contributed by atoms with E-state index >= 15 is 0 Å². The van der Waals surface area contributed by atoms with E-state index in [1.807, 2.05) is 61.5 Å². The second-order valence-electron chi connectivity index (χ2n) is 6.23. The van der Waals surface area contributed by atoms with Crippen molar-refractivity contribution in [1.29, 1.82) is 0 Å². The van der Waals surface area contributed by atoms with E-state index in [0.717, 1.165) is 22.4 Å². The third-order valence-corrected chi connectivity index (χ3v) is 5.41. The maximum absolute atomic E-state index is 12.5. The molecule has 3 rings (SSSR count). The molecule has 0 unspecified atom stereocenters. The molecule has 0 aliphatic carbocycles. The second-order valence-corrected chi connectivity index (χ2v) is 7.37. The maximum atomic E-state index is 12.5. The average molecular weight is 410 g/mol. The van der Waals surface area contributed by atoms with Gasteiger partial charge in [0.1, 0.15) is 10.8 Å². The Hall–Kier alpha value is -3.12. The van der Waals surface area contributed by atoms with E-state index in [1.54, 1.807) is 13.0 Å². The summed E-state index contributed by atoms with van der Waals surface area (Å²) in [6.07, 6.45) is 0.772. The summed E-state index contributed by atoms with van der Waals surface area (Å²) in [5.41, 5.74) is 2.31. The number of carbonyl (C=O) groups is 2. The lowest BCUT2D eigenvalue weighted by Gasteiger charge is -2.12. The molecule has 29 heavy (non-hydrogen) atoms. The number of hydrogen-bond acceptors (Lipinski definition) is 5. The highest BCUT2D eigenvalue weighted by atomic mass is 32.1. The van der Waals surface area contributed by atoms with Gasteiger partial charge in [0.05, 0.1) is 12.2 Å². The summed E-state index contributed by atoms with van der Waals surface area (Å²) in [6, 6.07) is 19.2. The van der Waals surface area contributed by atoms with Crippen molar-refractivity contribution in [3.63, 3.8) is 0 Å². The van der Waals surface area contributed by atoms with Crippen LogP contribution in [0.5, 0.6) is 5.75 Å². The molecule has 0 saturated carbocycles. The fourth-order valence-corrected chi connectivity index (χ4v) is 3.82. The lowest BCUT2D eigenvalue weighted by Crippen LogP contribution is -2.21. The third kappa shape index (κ3) is 5.23. The monoisotopic (exact) mass is 409 g/mol. The van der Waals surface area contributed by atoms with Crippen molar-refractivity contribution in [2.24, 2.45) is 0 Å². The minimum Gasteiger partial charge on any atom is -0.483 e. The van der Waals surface area contributed by atoms with Gasteiger partial charge in [-0.1, -0.05) is 55.5 Å². The molecule has 6 heteroatoms. The van der Waals surface area contributed by atoms with E-state index in [4.69, 9.17) is 9.47 Å². The first-order valence-corrected chi connectivity index (χ1v) is 10.3. The molecule has 0 saturated heterocycles. The minimum atomic E-state index is -0.436. The fraction of sp³-hybridized carbons (Fsp3) is 0.217. The van der Waals surface area contributed by atoms with Gasteiger partial charge < -0.3 is 14.8 Å². The van der Waals surface area contributed by atoms with Gasteiger partial charge in [0.15, 0.2) is 6.61 Å². The fourth-order valence-electron chi connectivity index (χ4n) is 2.82. The summed E-state index contributed by atoms with van der Waals surface area (Å²) in [6.45, 7) is 3.87. The van der Waals surface area contributed by atoms with Gasteiger partial charge in [-0.15, -0.1) is 11.3 Å². The molecule has 0 spiro atoms. The van der Waals surface area contributed by atoms with Crippen LogP contribution < -0.4 is 10.1 Å². The van der Waals surface area contributed by atoms with E-state index in [9.17, 15) is 9.59 Å². The van der Waals surface area contributed by atoms with Crippen LogP contribution in [0.2, 0.25) is 0 Å². The van der Waals surface area contributed by atoms with Gasteiger partial charge in [-0.3, -0.25) is 4.79 Å². The second kappa shape index (κ2) is 9.89. The van der Waals surface area contributed by atoms with Crippen molar-refractivity contribution in [3.05, 3.63) is 71.1 Å². The zero-order valence-electron chi connectivity index (χ0n) is 16.4. The summed E-state index contributed by atoms with van der Waals surface area (Å²) in [7, 11) is 0. The zero-order valence-corrected chi connectivity index (χ0v) is 17.3. The van der Waals surface area contributed by atoms with Crippen LogP contribution in [-0.4, -0.2) is 25.1 Å². The molecule has 0 radical (unpaired) electrons. The predicted octanol–water partition coefficient (Wildman–Crippen LogP) is 5.17. The van der Waals surface area contributed by atoms with Crippen molar-refractivity contribution in [2.45, 2.75) is 20.3 Å². The number of carbonyl (C=O) groups excluding carboxylic acids is 2. The zero-order chi connectivity index (χ0) is 20.6. The standard InChI is InChI=1S/C23H23NO4S/c1-3-17-14-19(23(26)27-4-2)22(29-17)24-21(25)15-28-20-13-9-8-12-18(20)16-10-6-5-7-11-16/h5-14H,3-4,15H2,1-2H3,(H,24,25). The van der Waals surface area contributed by atoms with E-state index in [2.05, 4.69) is 5.32 Å². The van der Waals surface area contributed by atoms with Crippen LogP contribution in [0.25, 0.3) is 11.1 Å². The van der Waals surface area contributed by atoms with Crippen LogP contribution in [0.15, 0.2) is 60.7 Å². The van der Waals surface area contributed by atoms with Crippen molar-refractivity contribution >= 4 is 28.2 Å². The smallest absolute Gasteiger partial charge is 0.341 e. The number of thiophene rings is 1. The number of rotatable bonds is 8. The van der Waals surface area contributed by atoms with Crippen LogP contribution in [0.1, 0.15) is 29.1 Å². The van der Waals surface area contributed by atoms with Crippen molar-refractivity contribution in [1.82, 2.24) is 0 Å². The molecule has 1 amide bonds. The SMILES string of the molecule is CCOC(=O)c1cc(CC)sc1NC(=O)COc1ccccc1-c1ccccc1. The molecule has 150 valence electrons. The molecule has 1 N–H and O–H groups in total. The van der Waals surface area contributed by atoms with Gasteiger partial charge in [0, 0.05) is 10.4 Å². The highest BCUT2D eigenvalue weighted by Crippen LogP contribution is 2.31. The molecule has 0 bridgehead atoms. The quantitative estimate of drug-likeness (QED) is 0.521. The molecule has 0 fully saturated rings. The van der Waals surface area contributed by atoms with Crippen molar-refractivity contribution in [2.75, 3.05) is 18.5 Å². The Kier molecular flexibility index (Phi) is 7.03. The van der Waals surface area contributed by atoms with Gasteiger partial charge in [0.2, 0.25) is 0 Å². The first kappa shape index (κ1) is 20.6. The molecular weight excluding hydrogens is 386 g/mol. The van der Waals surface area contributed by atoms with Crippen LogP contribution in [-0.2, 0) is 16.0 Å². The Morgan fingerprint density at radius 1 is 1.00 bits per heavy atom.